The molecule has 0 amide bonds. The highest BCUT2D eigenvalue weighted by atomic mass is 16.6. The highest BCUT2D eigenvalue weighted by Crippen LogP contribution is 2.18. The van der Waals surface area contributed by atoms with Crippen molar-refractivity contribution in [3.8, 4) is 0 Å². The van der Waals surface area contributed by atoms with Crippen molar-refractivity contribution in [1.29, 1.82) is 0 Å². The van der Waals surface area contributed by atoms with Crippen molar-refractivity contribution in [2.45, 2.75) is 0 Å². The Kier molecular flexibility index (Phi) is 1.91. The molecule has 0 saturated heterocycles. The van der Waals surface area contributed by atoms with Crippen LogP contribution in [0.3, 0.4) is 0 Å². The lowest BCUT2D eigenvalue weighted by molar-refractivity contribution is -0.389. The largest absolute Gasteiger partial charge is 0.474 e. The number of nitro groups is 1. The fourth-order valence-electron chi connectivity index (χ4n) is 1.28. The van der Waals surface area contributed by atoms with Crippen LogP contribution in [0.15, 0.2) is 11.3 Å². The first-order chi connectivity index (χ1) is 6.70. The van der Waals surface area contributed by atoms with Crippen LogP contribution >= 0.6 is 0 Å². The lowest BCUT2D eigenvalue weighted by Crippen LogP contribution is -2.09. The average molecular weight is 196 g/mol. The first-order valence-corrected chi connectivity index (χ1v) is 4.03. The van der Waals surface area contributed by atoms with Gasteiger partial charge in [0.15, 0.2) is 0 Å². The molecule has 0 atom stereocenters. The fraction of sp³-hybridized carbons (Fsp3) is 0.429. The van der Waals surface area contributed by atoms with Gasteiger partial charge in [0, 0.05) is 7.05 Å². The van der Waals surface area contributed by atoms with Gasteiger partial charge in [-0.3, -0.25) is 0 Å². The summed E-state index contributed by atoms with van der Waals surface area (Å²) >= 11 is 0. The van der Waals surface area contributed by atoms with Gasteiger partial charge in [0.1, 0.15) is 6.61 Å². The van der Waals surface area contributed by atoms with Gasteiger partial charge in [-0.1, -0.05) is 0 Å². The Morgan fingerprint density at radius 1 is 1.71 bits per heavy atom. The summed E-state index contributed by atoms with van der Waals surface area (Å²) in [4.78, 5) is 17.7. The predicted molar refractivity (Wildman–Crippen MR) is 47.2 cm³/mol. The molecule has 1 aromatic heterocycles. The van der Waals surface area contributed by atoms with Crippen molar-refractivity contribution in [2.75, 3.05) is 13.2 Å². The van der Waals surface area contributed by atoms with E-state index in [1.54, 1.807) is 7.05 Å². The first-order valence-electron chi connectivity index (χ1n) is 4.03. The molecule has 0 radical (unpaired) electrons. The Morgan fingerprint density at radius 2 is 2.50 bits per heavy atom. The van der Waals surface area contributed by atoms with E-state index in [-0.39, 0.29) is 5.82 Å². The lowest BCUT2D eigenvalue weighted by atomic mass is 10.4. The monoisotopic (exact) mass is 196 g/mol. The zero-order valence-corrected chi connectivity index (χ0v) is 7.51. The summed E-state index contributed by atoms with van der Waals surface area (Å²) < 4.78 is 6.68. The zero-order chi connectivity index (χ0) is 10.1. The predicted octanol–water partition coefficient (Wildman–Crippen LogP) is 0.105. The maximum atomic E-state index is 10.6. The van der Waals surface area contributed by atoms with E-state index < -0.39 is 4.92 Å². The minimum atomic E-state index is -0.542. The van der Waals surface area contributed by atoms with E-state index in [2.05, 4.69) is 9.98 Å². The number of imidazole rings is 1. The van der Waals surface area contributed by atoms with Crippen LogP contribution in [-0.4, -0.2) is 33.5 Å². The number of aliphatic imine (C=N–C) groups is 1. The molecule has 0 bridgehead atoms. The summed E-state index contributed by atoms with van der Waals surface area (Å²) in [5, 5.41) is 10.6. The van der Waals surface area contributed by atoms with E-state index in [9.17, 15) is 10.1 Å². The number of aromatic nitrogens is 2. The maximum Gasteiger partial charge on any atom is 0.394 e. The van der Waals surface area contributed by atoms with E-state index in [0.29, 0.717) is 24.7 Å². The Labute approximate surface area is 79.2 Å². The van der Waals surface area contributed by atoms with Gasteiger partial charge in [-0.2, -0.15) is 0 Å². The molecule has 0 unspecified atom stereocenters. The molecule has 1 aromatic rings. The Balaban J connectivity index is 2.49. The lowest BCUT2D eigenvalue weighted by Gasteiger charge is -2.00. The summed E-state index contributed by atoms with van der Waals surface area (Å²) in [5.41, 5.74) is 0.326. The van der Waals surface area contributed by atoms with Gasteiger partial charge < -0.3 is 19.4 Å². The minimum absolute atomic E-state index is 0.215. The van der Waals surface area contributed by atoms with Gasteiger partial charge in [0.05, 0.1) is 6.54 Å². The van der Waals surface area contributed by atoms with Gasteiger partial charge in [-0.25, -0.2) is 4.99 Å². The smallest absolute Gasteiger partial charge is 0.394 e. The van der Waals surface area contributed by atoms with Gasteiger partial charge >= 0.3 is 5.82 Å². The molecule has 7 nitrogen and oxygen atoms in total. The fourth-order valence-corrected chi connectivity index (χ4v) is 1.28. The van der Waals surface area contributed by atoms with Crippen LogP contribution in [0.1, 0.15) is 5.69 Å². The molecular weight excluding hydrogens is 188 g/mol. The van der Waals surface area contributed by atoms with E-state index in [1.165, 1.54) is 10.9 Å². The molecule has 2 rings (SSSR count). The Bertz CT molecular complexity index is 409. The van der Waals surface area contributed by atoms with Crippen LogP contribution in [0.2, 0.25) is 0 Å². The number of nitrogens with zero attached hydrogens (tertiary/aromatic N) is 4. The molecule has 0 saturated carbocycles. The molecule has 0 spiro atoms. The van der Waals surface area contributed by atoms with E-state index in [0.717, 1.165) is 0 Å². The topological polar surface area (TPSA) is 82.5 Å². The Morgan fingerprint density at radius 3 is 3.07 bits per heavy atom. The number of hydrogen-bond acceptors (Lipinski definition) is 5. The van der Waals surface area contributed by atoms with Crippen LogP contribution in [0.4, 0.5) is 5.82 Å². The molecule has 74 valence electrons. The van der Waals surface area contributed by atoms with Crippen LogP contribution in [0.5, 0.6) is 0 Å². The summed E-state index contributed by atoms with van der Waals surface area (Å²) in [7, 11) is 1.67. The van der Waals surface area contributed by atoms with Crippen molar-refractivity contribution in [2.24, 2.45) is 12.0 Å². The van der Waals surface area contributed by atoms with Crippen LogP contribution in [-0.2, 0) is 11.8 Å². The summed E-state index contributed by atoms with van der Waals surface area (Å²) in [6.45, 7) is 1.01. The molecular formula is C7H8N4O3. The number of ether oxygens (including phenoxy) is 1. The minimum Gasteiger partial charge on any atom is -0.474 e. The third-order valence-electron chi connectivity index (χ3n) is 1.88. The molecule has 0 aliphatic carbocycles. The standard InChI is InChI=1S/C7H8N4O3/c1-10-4-9-6(11(12)13)5(10)7-8-2-3-14-7/h4H,2-3H2,1H3. The van der Waals surface area contributed by atoms with Gasteiger partial charge in [0.2, 0.25) is 17.9 Å². The maximum absolute atomic E-state index is 10.6. The second-order valence-electron chi connectivity index (χ2n) is 2.82. The third-order valence-corrected chi connectivity index (χ3v) is 1.88. The number of aryl methyl sites for hydroxylation is 1. The second kappa shape index (κ2) is 3.09. The molecule has 2 heterocycles. The van der Waals surface area contributed by atoms with Gasteiger partial charge in [-0.15, -0.1) is 0 Å². The number of hydrogen-bond donors (Lipinski definition) is 0. The molecule has 0 N–H and O–H groups in total. The average Bonchev–Trinajstić information content (AvgIpc) is 2.71. The van der Waals surface area contributed by atoms with Crippen molar-refractivity contribution >= 4 is 11.7 Å². The van der Waals surface area contributed by atoms with Crippen molar-refractivity contribution in [3.05, 3.63) is 22.1 Å². The SMILES string of the molecule is Cn1cnc([N+](=O)[O-])c1C1=NCCO1. The third kappa shape index (κ3) is 1.22. The highest BCUT2D eigenvalue weighted by Gasteiger charge is 2.27. The number of rotatable bonds is 2. The molecule has 0 fully saturated rings. The van der Waals surface area contributed by atoms with Crippen LogP contribution in [0.25, 0.3) is 0 Å². The van der Waals surface area contributed by atoms with Crippen molar-refractivity contribution < 1.29 is 9.66 Å². The summed E-state index contributed by atoms with van der Waals surface area (Å²) in [5.74, 6) is 0.0878. The summed E-state index contributed by atoms with van der Waals surface area (Å²) in [6.07, 6.45) is 1.37. The van der Waals surface area contributed by atoms with E-state index in [4.69, 9.17) is 4.74 Å². The first kappa shape index (κ1) is 8.67. The van der Waals surface area contributed by atoms with Crippen molar-refractivity contribution in [3.63, 3.8) is 0 Å². The Hall–Kier alpha value is -1.92. The summed E-state index contributed by atoms with van der Waals surface area (Å²) in [6, 6.07) is 0. The molecule has 1 aliphatic heterocycles. The van der Waals surface area contributed by atoms with Crippen LogP contribution < -0.4 is 0 Å². The van der Waals surface area contributed by atoms with Gasteiger partial charge in [-0.05, 0) is 9.91 Å². The van der Waals surface area contributed by atoms with E-state index in [1.807, 2.05) is 0 Å². The molecule has 0 aromatic carbocycles. The highest BCUT2D eigenvalue weighted by molar-refractivity contribution is 5.96. The van der Waals surface area contributed by atoms with Gasteiger partial charge in [0.25, 0.3) is 0 Å². The second-order valence-corrected chi connectivity index (χ2v) is 2.82. The molecule has 14 heavy (non-hydrogen) atoms. The molecule has 1 aliphatic rings. The van der Waals surface area contributed by atoms with E-state index >= 15 is 0 Å². The normalized spacial score (nSPS) is 15.1. The zero-order valence-electron chi connectivity index (χ0n) is 7.51. The quantitative estimate of drug-likeness (QED) is 0.496. The van der Waals surface area contributed by atoms with Crippen molar-refractivity contribution in [1.82, 2.24) is 9.55 Å². The molecule has 7 heteroatoms. The van der Waals surface area contributed by atoms with Crippen LogP contribution in [0, 0.1) is 10.1 Å².